The molecule has 2 bridgehead atoms. The lowest BCUT2D eigenvalue weighted by Gasteiger charge is -2.35. The minimum absolute atomic E-state index is 0.0455. The summed E-state index contributed by atoms with van der Waals surface area (Å²) in [6.07, 6.45) is 2.45. The van der Waals surface area contributed by atoms with Crippen molar-refractivity contribution < 1.29 is 29.0 Å². The Labute approximate surface area is 204 Å². The van der Waals surface area contributed by atoms with Crippen molar-refractivity contribution in [3.8, 4) is 0 Å². The van der Waals surface area contributed by atoms with E-state index in [4.69, 9.17) is 26.2 Å². The normalized spacial score (nSPS) is 33.8. The van der Waals surface area contributed by atoms with E-state index in [9.17, 15) is 14.4 Å². The molecule has 186 valence electrons. The molecule has 3 aliphatic rings. The van der Waals surface area contributed by atoms with Crippen molar-refractivity contribution in [1.29, 1.82) is 0 Å². The maximum Gasteiger partial charge on any atom is 0.312 e. The number of ether oxygens (including phenoxy) is 2. The van der Waals surface area contributed by atoms with Gasteiger partial charge in [0, 0.05) is 13.2 Å². The van der Waals surface area contributed by atoms with Gasteiger partial charge in [0.15, 0.2) is 0 Å². The lowest BCUT2D eigenvalue weighted by atomic mass is 9.62. The highest BCUT2D eigenvalue weighted by atomic mass is 35.5. The fourth-order valence-corrected chi connectivity index (χ4v) is 6.39. The Hall–Kier alpha value is -2.16. The number of aliphatic hydroxyl groups excluding tert-OH is 1. The van der Waals surface area contributed by atoms with Crippen molar-refractivity contribution in [2.24, 2.45) is 17.8 Å². The fourth-order valence-electron chi connectivity index (χ4n) is 6.20. The third-order valence-corrected chi connectivity index (χ3v) is 8.12. The number of para-hydroxylation sites is 1. The van der Waals surface area contributed by atoms with Crippen molar-refractivity contribution in [2.45, 2.75) is 63.7 Å². The number of carbonyl (C=O) groups excluding carboxylic acids is 3. The quantitative estimate of drug-likeness (QED) is 0.405. The van der Waals surface area contributed by atoms with E-state index in [2.05, 4.69) is 5.32 Å². The van der Waals surface area contributed by atoms with Gasteiger partial charge in [0.1, 0.15) is 17.6 Å². The van der Waals surface area contributed by atoms with Crippen LogP contribution in [0.4, 0.5) is 5.69 Å². The van der Waals surface area contributed by atoms with E-state index in [0.717, 1.165) is 0 Å². The number of nitrogens with one attached hydrogen (secondary N) is 1. The van der Waals surface area contributed by atoms with Gasteiger partial charge in [-0.1, -0.05) is 30.7 Å². The van der Waals surface area contributed by atoms with Gasteiger partial charge in [-0.2, -0.15) is 0 Å². The molecule has 3 aliphatic heterocycles. The third kappa shape index (κ3) is 3.80. The van der Waals surface area contributed by atoms with Gasteiger partial charge in [-0.15, -0.1) is 0 Å². The van der Waals surface area contributed by atoms with E-state index >= 15 is 0 Å². The Morgan fingerprint density at radius 1 is 1.29 bits per heavy atom. The standard InChI is InChI=1S/C25H33ClN2O6/c1-4-33-23(32)19-18-22(31)28(12-8-5-9-13-29)20(25(18)14-15(2)24(19,3)34-25)21(30)27-17-11-7-6-10-16(17)26/h6-7,10-11,15,18-20,29H,4-5,8-9,12-14H2,1-3H3,(H,27,30)/t15?,18-,19+,20?,24-,25?/m0/s1. The summed E-state index contributed by atoms with van der Waals surface area (Å²) in [6, 6.07) is 6.03. The van der Waals surface area contributed by atoms with E-state index in [1.807, 2.05) is 13.8 Å². The Morgan fingerprint density at radius 3 is 2.71 bits per heavy atom. The van der Waals surface area contributed by atoms with Crippen LogP contribution in [0.15, 0.2) is 24.3 Å². The molecule has 2 amide bonds. The molecular weight excluding hydrogens is 460 g/mol. The van der Waals surface area contributed by atoms with Gasteiger partial charge in [-0.05, 0) is 57.6 Å². The van der Waals surface area contributed by atoms with Crippen LogP contribution in [-0.4, -0.2) is 64.8 Å². The molecular formula is C25H33ClN2O6. The molecule has 0 aliphatic carbocycles. The minimum Gasteiger partial charge on any atom is -0.466 e. The SMILES string of the molecule is CCOC(=O)[C@H]1[C@H]2C(=O)N(CCCCCO)C(C(=O)Nc3ccccc3Cl)C23CC(C)[C@]1(C)O3. The smallest absolute Gasteiger partial charge is 0.312 e. The third-order valence-electron chi connectivity index (χ3n) is 7.79. The van der Waals surface area contributed by atoms with Crippen LogP contribution in [0.2, 0.25) is 5.02 Å². The molecule has 3 fully saturated rings. The van der Waals surface area contributed by atoms with Crippen LogP contribution in [0.3, 0.4) is 0 Å². The first-order valence-corrected chi connectivity index (χ1v) is 12.4. The number of rotatable bonds is 9. The van der Waals surface area contributed by atoms with Gasteiger partial charge < -0.3 is 24.8 Å². The van der Waals surface area contributed by atoms with Crippen LogP contribution in [-0.2, 0) is 23.9 Å². The molecule has 2 N–H and O–H groups in total. The Bertz CT molecular complexity index is 972. The highest BCUT2D eigenvalue weighted by Gasteiger charge is 2.80. The summed E-state index contributed by atoms with van der Waals surface area (Å²) in [6.45, 7) is 6.19. The molecule has 4 rings (SSSR count). The number of fused-ring (bicyclic) bond motifs is 1. The highest BCUT2D eigenvalue weighted by molar-refractivity contribution is 6.33. The summed E-state index contributed by atoms with van der Waals surface area (Å²) in [5.41, 5.74) is -1.56. The predicted octanol–water partition coefficient (Wildman–Crippen LogP) is 3.01. The van der Waals surface area contributed by atoms with E-state index in [0.29, 0.717) is 42.9 Å². The number of halogens is 1. The molecule has 0 radical (unpaired) electrons. The first-order valence-electron chi connectivity index (χ1n) is 12.0. The van der Waals surface area contributed by atoms with Crippen LogP contribution in [0, 0.1) is 17.8 Å². The van der Waals surface area contributed by atoms with Crippen LogP contribution in [0.25, 0.3) is 0 Å². The highest BCUT2D eigenvalue weighted by Crippen LogP contribution is 2.65. The van der Waals surface area contributed by atoms with Gasteiger partial charge in [0.2, 0.25) is 11.8 Å². The lowest BCUT2D eigenvalue weighted by Crippen LogP contribution is -2.54. The zero-order valence-electron chi connectivity index (χ0n) is 19.9. The number of amides is 2. The Kier molecular flexibility index (Phi) is 6.95. The van der Waals surface area contributed by atoms with Crippen molar-refractivity contribution in [3.63, 3.8) is 0 Å². The zero-order chi connectivity index (χ0) is 24.7. The van der Waals surface area contributed by atoms with Crippen molar-refractivity contribution >= 4 is 35.1 Å². The van der Waals surface area contributed by atoms with E-state index in [-0.39, 0.29) is 30.9 Å². The average molecular weight is 493 g/mol. The molecule has 0 aromatic heterocycles. The molecule has 1 aromatic carbocycles. The summed E-state index contributed by atoms with van der Waals surface area (Å²) in [5.74, 6) is -2.70. The number of aliphatic hydroxyl groups is 1. The molecule has 1 aromatic rings. The molecule has 9 heteroatoms. The second kappa shape index (κ2) is 9.47. The van der Waals surface area contributed by atoms with Gasteiger partial charge >= 0.3 is 5.97 Å². The molecule has 3 unspecified atom stereocenters. The van der Waals surface area contributed by atoms with E-state index in [1.165, 1.54) is 0 Å². The number of likely N-dealkylation sites (tertiary alicyclic amines) is 1. The fraction of sp³-hybridized carbons (Fsp3) is 0.640. The number of hydrogen-bond donors (Lipinski definition) is 2. The number of hydrogen-bond acceptors (Lipinski definition) is 6. The molecule has 8 nitrogen and oxygen atoms in total. The number of unbranched alkanes of at least 4 members (excludes halogenated alkanes) is 2. The molecule has 34 heavy (non-hydrogen) atoms. The number of carbonyl (C=O) groups is 3. The van der Waals surface area contributed by atoms with Gasteiger partial charge in [0.25, 0.3) is 0 Å². The van der Waals surface area contributed by atoms with Crippen molar-refractivity contribution in [3.05, 3.63) is 29.3 Å². The summed E-state index contributed by atoms with van der Waals surface area (Å²) in [4.78, 5) is 42.2. The molecule has 3 heterocycles. The molecule has 0 saturated carbocycles. The number of benzene rings is 1. The van der Waals surface area contributed by atoms with Crippen LogP contribution in [0.5, 0.6) is 0 Å². The van der Waals surface area contributed by atoms with Crippen LogP contribution in [0.1, 0.15) is 46.5 Å². The van der Waals surface area contributed by atoms with Crippen LogP contribution >= 0.6 is 11.6 Å². The molecule has 1 spiro atoms. The Balaban J connectivity index is 1.72. The summed E-state index contributed by atoms with van der Waals surface area (Å²) < 4.78 is 12.0. The number of anilines is 1. The zero-order valence-corrected chi connectivity index (χ0v) is 20.6. The minimum atomic E-state index is -1.12. The van der Waals surface area contributed by atoms with Crippen LogP contribution < -0.4 is 5.32 Å². The molecule has 6 atom stereocenters. The van der Waals surface area contributed by atoms with E-state index in [1.54, 1.807) is 36.1 Å². The second-order valence-corrected chi connectivity index (χ2v) is 10.1. The lowest BCUT2D eigenvalue weighted by molar-refractivity contribution is -0.160. The largest absolute Gasteiger partial charge is 0.466 e. The topological polar surface area (TPSA) is 105 Å². The average Bonchev–Trinajstić information content (AvgIpc) is 3.30. The maximum absolute atomic E-state index is 13.8. The predicted molar refractivity (Wildman–Crippen MR) is 126 cm³/mol. The summed E-state index contributed by atoms with van der Waals surface area (Å²) in [5, 5.41) is 12.4. The van der Waals surface area contributed by atoms with Crippen molar-refractivity contribution in [2.75, 3.05) is 25.1 Å². The van der Waals surface area contributed by atoms with Gasteiger partial charge in [-0.25, -0.2) is 0 Å². The Morgan fingerprint density at radius 2 is 2.03 bits per heavy atom. The first kappa shape index (κ1) is 24.9. The summed E-state index contributed by atoms with van der Waals surface area (Å²) in [7, 11) is 0. The maximum atomic E-state index is 13.8. The first-order chi connectivity index (χ1) is 16.2. The number of esters is 1. The number of nitrogens with zero attached hydrogens (tertiary/aromatic N) is 1. The van der Waals surface area contributed by atoms with Gasteiger partial charge in [-0.3, -0.25) is 14.4 Å². The summed E-state index contributed by atoms with van der Waals surface area (Å²) >= 11 is 6.28. The van der Waals surface area contributed by atoms with Crippen molar-refractivity contribution in [1.82, 2.24) is 4.90 Å². The molecule has 3 saturated heterocycles. The monoisotopic (exact) mass is 492 g/mol. The second-order valence-electron chi connectivity index (χ2n) is 9.74. The van der Waals surface area contributed by atoms with Gasteiger partial charge in [0.05, 0.1) is 28.8 Å². The van der Waals surface area contributed by atoms with E-state index < -0.39 is 35.0 Å².